The number of aryl methyl sites for hydroxylation is 1. The van der Waals surface area contributed by atoms with Crippen LogP contribution in [-0.2, 0) is 10.3 Å². The molecular weight excluding hydrogens is 361 g/mol. The fourth-order valence-corrected chi connectivity index (χ4v) is 2.19. The Morgan fingerprint density at radius 1 is 1.33 bits per heavy atom. The summed E-state index contributed by atoms with van der Waals surface area (Å²) < 4.78 is 51.1. The molecule has 0 aliphatic heterocycles. The quantitative estimate of drug-likeness (QED) is 0.322. The normalized spacial score (nSPS) is 13.8. The number of ether oxygens (including phenoxy) is 2. The van der Waals surface area contributed by atoms with Gasteiger partial charge >= 0.3 is 6.18 Å². The van der Waals surface area contributed by atoms with Gasteiger partial charge < -0.3 is 19.5 Å². The van der Waals surface area contributed by atoms with Crippen molar-refractivity contribution in [2.75, 3.05) is 33.9 Å². The van der Waals surface area contributed by atoms with E-state index in [1.54, 1.807) is 20.2 Å². The van der Waals surface area contributed by atoms with E-state index in [1.807, 2.05) is 18.9 Å². The van der Waals surface area contributed by atoms with Crippen LogP contribution in [0.5, 0.6) is 5.75 Å². The third-order valence-corrected chi connectivity index (χ3v) is 3.99. The number of nitrogens with zero attached hydrogens (tertiary/aromatic N) is 2. The number of halogens is 3. The molecule has 0 fully saturated rings. The maximum atomic E-state index is 13.7. The van der Waals surface area contributed by atoms with Crippen LogP contribution in [0.1, 0.15) is 25.0 Å². The molecule has 8 heteroatoms. The predicted octanol–water partition coefficient (Wildman–Crippen LogP) is 3.40. The first-order valence-corrected chi connectivity index (χ1v) is 8.30. The van der Waals surface area contributed by atoms with Crippen LogP contribution in [0, 0.1) is 18.8 Å². The molecule has 27 heavy (non-hydrogen) atoms. The lowest BCUT2D eigenvalue weighted by Crippen LogP contribution is -2.46. The van der Waals surface area contributed by atoms with Crippen LogP contribution in [0.25, 0.3) is 0 Å². The number of hydrogen-bond donors (Lipinski definition) is 1. The molecular formula is C19H25F3N2O3. The minimum absolute atomic E-state index is 0.128. The first kappa shape index (κ1) is 22.8. The molecule has 0 amide bonds. The molecule has 0 saturated heterocycles. The van der Waals surface area contributed by atoms with Gasteiger partial charge in [0.1, 0.15) is 12.4 Å². The second-order valence-corrected chi connectivity index (χ2v) is 5.93. The van der Waals surface area contributed by atoms with E-state index in [0.717, 1.165) is 6.54 Å². The minimum atomic E-state index is -4.97. The van der Waals surface area contributed by atoms with Gasteiger partial charge in [-0.1, -0.05) is 5.92 Å². The number of benzene rings is 1. The molecule has 0 radical (unpaired) electrons. The lowest BCUT2D eigenvalue weighted by molar-refractivity contribution is -0.281. The largest absolute Gasteiger partial charge is 0.496 e. The Kier molecular flexibility index (Phi) is 8.13. The fourth-order valence-electron chi connectivity index (χ4n) is 2.19. The number of hydrogen-bond acceptors (Lipinski definition) is 4. The summed E-state index contributed by atoms with van der Waals surface area (Å²) in [6.45, 7) is 4.60. The summed E-state index contributed by atoms with van der Waals surface area (Å²) in [4.78, 5) is 6.08. The highest BCUT2D eigenvalue weighted by molar-refractivity contribution is 5.65. The van der Waals surface area contributed by atoms with Gasteiger partial charge in [-0.05, 0) is 32.4 Å². The molecule has 1 unspecified atom stereocenters. The van der Waals surface area contributed by atoms with Crippen LogP contribution in [0.3, 0.4) is 0 Å². The van der Waals surface area contributed by atoms with Crippen molar-refractivity contribution in [1.82, 2.24) is 4.90 Å². The van der Waals surface area contributed by atoms with E-state index in [0.29, 0.717) is 11.3 Å². The number of methoxy groups -OCH3 is 1. The summed E-state index contributed by atoms with van der Waals surface area (Å²) in [7, 11) is 3.06. The molecule has 0 aromatic heterocycles. The molecule has 1 rings (SSSR count). The van der Waals surface area contributed by atoms with Crippen molar-refractivity contribution < 1.29 is 27.8 Å². The molecule has 0 heterocycles. The van der Waals surface area contributed by atoms with Crippen LogP contribution in [0.2, 0.25) is 0 Å². The molecule has 0 aliphatic rings. The second-order valence-electron chi connectivity index (χ2n) is 5.93. The second kappa shape index (κ2) is 9.62. The van der Waals surface area contributed by atoms with Crippen molar-refractivity contribution in [1.29, 1.82) is 0 Å². The van der Waals surface area contributed by atoms with Gasteiger partial charge in [-0.25, -0.2) is 4.99 Å². The average Bonchev–Trinajstić information content (AvgIpc) is 2.62. The summed E-state index contributed by atoms with van der Waals surface area (Å²) in [5.74, 6) is 4.89. The highest BCUT2D eigenvalue weighted by atomic mass is 19.4. The number of alkyl halides is 3. The Balaban J connectivity index is 3.38. The summed E-state index contributed by atoms with van der Waals surface area (Å²) in [6, 6.07) is 2.59. The Labute approximate surface area is 157 Å². The van der Waals surface area contributed by atoms with Gasteiger partial charge in [-0.3, -0.25) is 0 Å². The van der Waals surface area contributed by atoms with Crippen LogP contribution >= 0.6 is 0 Å². The lowest BCUT2D eigenvalue weighted by Gasteiger charge is -2.32. The van der Waals surface area contributed by atoms with E-state index in [-0.39, 0.29) is 12.4 Å². The number of rotatable bonds is 8. The topological polar surface area (TPSA) is 54.3 Å². The van der Waals surface area contributed by atoms with E-state index in [9.17, 15) is 18.3 Å². The smallest absolute Gasteiger partial charge is 0.423 e. The van der Waals surface area contributed by atoms with E-state index in [1.165, 1.54) is 19.2 Å². The van der Waals surface area contributed by atoms with Gasteiger partial charge in [0.15, 0.2) is 0 Å². The fraction of sp³-hybridized carbons (Fsp3) is 0.526. The summed E-state index contributed by atoms with van der Waals surface area (Å²) in [6.07, 6.45) is -3.40. The maximum Gasteiger partial charge on any atom is 0.423 e. The number of aliphatic hydroxyl groups is 1. The molecule has 0 saturated carbocycles. The molecule has 1 aromatic carbocycles. The Bertz CT molecular complexity index is 723. The molecule has 0 bridgehead atoms. The predicted molar refractivity (Wildman–Crippen MR) is 98.4 cm³/mol. The van der Waals surface area contributed by atoms with Crippen molar-refractivity contribution in [2.45, 2.75) is 32.5 Å². The Morgan fingerprint density at radius 2 is 2.00 bits per heavy atom. The van der Waals surface area contributed by atoms with E-state index in [4.69, 9.17) is 9.47 Å². The lowest BCUT2D eigenvalue weighted by atomic mass is 9.91. The molecule has 1 aromatic rings. The standard InChI is InChI=1S/C19H25F3N2O3/c1-6-8-9-27-12-18(25,19(20,21)22)15-10-14(3)16(11-17(15)26-5)23-13-24(4)7-2/h10-11,13,25H,7,9,12H2,1-5H3/b23-13+. The van der Waals surface area contributed by atoms with Crippen molar-refractivity contribution in [3.05, 3.63) is 23.3 Å². The molecule has 0 aliphatic carbocycles. The van der Waals surface area contributed by atoms with Gasteiger partial charge in [0.05, 0.1) is 25.7 Å². The highest BCUT2D eigenvalue weighted by Gasteiger charge is 2.56. The Morgan fingerprint density at radius 3 is 2.52 bits per heavy atom. The monoisotopic (exact) mass is 386 g/mol. The first-order valence-electron chi connectivity index (χ1n) is 8.30. The maximum absolute atomic E-state index is 13.7. The molecule has 1 atom stereocenters. The van der Waals surface area contributed by atoms with Gasteiger partial charge in [0.25, 0.3) is 0 Å². The van der Waals surface area contributed by atoms with Crippen molar-refractivity contribution in [3.8, 4) is 17.6 Å². The average molecular weight is 386 g/mol. The van der Waals surface area contributed by atoms with Gasteiger partial charge in [0.2, 0.25) is 5.60 Å². The van der Waals surface area contributed by atoms with Crippen molar-refractivity contribution in [2.24, 2.45) is 4.99 Å². The van der Waals surface area contributed by atoms with E-state index < -0.39 is 23.9 Å². The molecule has 0 spiro atoms. The molecule has 150 valence electrons. The van der Waals surface area contributed by atoms with Gasteiger partial charge in [-0.15, -0.1) is 5.92 Å². The van der Waals surface area contributed by atoms with Crippen LogP contribution in [-0.4, -0.2) is 56.4 Å². The summed E-state index contributed by atoms with van der Waals surface area (Å²) >= 11 is 0. The first-order chi connectivity index (χ1) is 12.6. The van der Waals surface area contributed by atoms with Crippen molar-refractivity contribution >= 4 is 12.0 Å². The van der Waals surface area contributed by atoms with Crippen molar-refractivity contribution in [3.63, 3.8) is 0 Å². The van der Waals surface area contributed by atoms with E-state index >= 15 is 0 Å². The zero-order valence-corrected chi connectivity index (χ0v) is 16.1. The van der Waals surface area contributed by atoms with Crippen LogP contribution in [0.4, 0.5) is 18.9 Å². The molecule has 5 nitrogen and oxygen atoms in total. The third-order valence-electron chi connectivity index (χ3n) is 3.99. The van der Waals surface area contributed by atoms with Crippen LogP contribution < -0.4 is 4.74 Å². The third kappa shape index (κ3) is 5.62. The van der Waals surface area contributed by atoms with Gasteiger partial charge in [0, 0.05) is 25.2 Å². The minimum Gasteiger partial charge on any atom is -0.496 e. The SMILES string of the molecule is CC#CCOCC(O)(c1cc(C)c(/N=C/N(C)CC)cc1OC)C(F)(F)F. The highest BCUT2D eigenvalue weighted by Crippen LogP contribution is 2.44. The number of aliphatic imine (C=N–C) groups is 1. The Hall–Kier alpha value is -2.24. The zero-order chi connectivity index (χ0) is 20.7. The summed E-state index contributed by atoms with van der Waals surface area (Å²) in [5.41, 5.74) is -2.76. The van der Waals surface area contributed by atoms with Gasteiger partial charge in [-0.2, -0.15) is 13.2 Å². The summed E-state index contributed by atoms with van der Waals surface area (Å²) in [5, 5.41) is 10.5. The van der Waals surface area contributed by atoms with E-state index in [2.05, 4.69) is 16.8 Å². The van der Waals surface area contributed by atoms with Crippen LogP contribution in [0.15, 0.2) is 17.1 Å². The molecule has 1 N–H and O–H groups in total. The zero-order valence-electron chi connectivity index (χ0n) is 16.1.